The Kier molecular flexibility index (Phi) is 8.85. The van der Waals surface area contributed by atoms with Gasteiger partial charge in [-0.15, -0.1) is 0 Å². The molecule has 76 valence electrons. The molecule has 0 spiro atoms. The second-order valence-corrected chi connectivity index (χ2v) is 3.41. The van der Waals surface area contributed by atoms with Gasteiger partial charge in [-0.25, -0.2) is 0 Å². The van der Waals surface area contributed by atoms with Gasteiger partial charge in [0.05, 0.1) is 0 Å². The van der Waals surface area contributed by atoms with Gasteiger partial charge in [0.15, 0.2) is 0 Å². The maximum atomic E-state index is 2.25. The Morgan fingerprint density at radius 3 is 1.54 bits per heavy atom. The van der Waals surface area contributed by atoms with Crippen molar-refractivity contribution in [3.05, 3.63) is 24.5 Å². The summed E-state index contributed by atoms with van der Waals surface area (Å²) in [5.74, 6) is 0. The van der Waals surface area contributed by atoms with Crippen LogP contribution in [0.1, 0.15) is 46.0 Å². The van der Waals surface area contributed by atoms with Crippen molar-refractivity contribution >= 4 is 0 Å². The molecule has 1 heteroatoms. The lowest BCUT2D eigenvalue weighted by Crippen LogP contribution is -1.75. The van der Waals surface area contributed by atoms with Crippen molar-refractivity contribution in [2.24, 2.45) is 7.05 Å². The van der Waals surface area contributed by atoms with Gasteiger partial charge in [0.2, 0.25) is 0 Å². The molecule has 1 heterocycles. The van der Waals surface area contributed by atoms with E-state index in [1.807, 2.05) is 36.1 Å². The van der Waals surface area contributed by atoms with Gasteiger partial charge in [0.25, 0.3) is 0 Å². The number of unbranched alkanes of at least 4 members (excludes halogenated alkanes) is 4. The van der Waals surface area contributed by atoms with Crippen molar-refractivity contribution in [3.63, 3.8) is 0 Å². The third-order valence-corrected chi connectivity index (χ3v) is 1.96. The summed E-state index contributed by atoms with van der Waals surface area (Å²) in [6, 6.07) is 4.00. The molecule has 1 aromatic rings. The topological polar surface area (TPSA) is 4.93 Å². The SMILES string of the molecule is CCCCCCC.Cn1cccc1. The first-order chi connectivity index (χ1) is 6.31. The Balaban J connectivity index is 0.000000223. The van der Waals surface area contributed by atoms with Crippen molar-refractivity contribution in [2.75, 3.05) is 0 Å². The summed E-state index contributed by atoms with van der Waals surface area (Å²) in [4.78, 5) is 0. The molecule has 1 rings (SSSR count). The van der Waals surface area contributed by atoms with Gasteiger partial charge >= 0.3 is 0 Å². The number of aromatic nitrogens is 1. The van der Waals surface area contributed by atoms with Crippen LogP contribution < -0.4 is 0 Å². The van der Waals surface area contributed by atoms with Gasteiger partial charge in [0, 0.05) is 19.4 Å². The van der Waals surface area contributed by atoms with E-state index in [2.05, 4.69) is 13.8 Å². The van der Waals surface area contributed by atoms with Gasteiger partial charge in [-0.2, -0.15) is 0 Å². The van der Waals surface area contributed by atoms with Gasteiger partial charge in [-0.3, -0.25) is 0 Å². The van der Waals surface area contributed by atoms with E-state index in [1.165, 1.54) is 32.1 Å². The Hall–Kier alpha value is -0.720. The van der Waals surface area contributed by atoms with Crippen molar-refractivity contribution in [1.82, 2.24) is 4.57 Å². The fourth-order valence-corrected chi connectivity index (χ4v) is 1.10. The number of rotatable bonds is 4. The third-order valence-electron chi connectivity index (χ3n) is 1.96. The Morgan fingerprint density at radius 1 is 0.846 bits per heavy atom. The Labute approximate surface area is 82.8 Å². The second kappa shape index (κ2) is 9.37. The van der Waals surface area contributed by atoms with Crippen LogP contribution >= 0.6 is 0 Å². The second-order valence-electron chi connectivity index (χ2n) is 3.41. The first-order valence-corrected chi connectivity index (χ1v) is 5.38. The zero-order valence-corrected chi connectivity index (χ0v) is 9.29. The van der Waals surface area contributed by atoms with E-state index in [9.17, 15) is 0 Å². The van der Waals surface area contributed by atoms with Crippen molar-refractivity contribution in [3.8, 4) is 0 Å². The molecule has 0 unspecified atom stereocenters. The molecule has 13 heavy (non-hydrogen) atoms. The van der Waals surface area contributed by atoms with E-state index in [4.69, 9.17) is 0 Å². The number of hydrogen-bond donors (Lipinski definition) is 0. The van der Waals surface area contributed by atoms with E-state index in [0.29, 0.717) is 0 Å². The lowest BCUT2D eigenvalue weighted by Gasteiger charge is -1.90. The maximum Gasteiger partial charge on any atom is 0.0106 e. The van der Waals surface area contributed by atoms with Crippen LogP contribution in [0.15, 0.2) is 24.5 Å². The lowest BCUT2D eigenvalue weighted by molar-refractivity contribution is 0.656. The molecule has 0 saturated carbocycles. The zero-order chi connectivity index (χ0) is 9.94. The Morgan fingerprint density at radius 2 is 1.31 bits per heavy atom. The number of nitrogens with zero attached hydrogens (tertiary/aromatic N) is 1. The van der Waals surface area contributed by atoms with E-state index >= 15 is 0 Å². The molecule has 1 nitrogen and oxygen atoms in total. The minimum atomic E-state index is 1.36. The molecule has 0 saturated heterocycles. The van der Waals surface area contributed by atoms with Crippen LogP contribution in [0.5, 0.6) is 0 Å². The summed E-state index contributed by atoms with van der Waals surface area (Å²) in [6.07, 6.45) is 11.0. The average Bonchev–Trinajstić information content (AvgIpc) is 2.58. The van der Waals surface area contributed by atoms with Crippen LogP contribution in [0.2, 0.25) is 0 Å². The van der Waals surface area contributed by atoms with Crippen molar-refractivity contribution in [1.29, 1.82) is 0 Å². The normalized spacial score (nSPS) is 9.15. The van der Waals surface area contributed by atoms with Gasteiger partial charge < -0.3 is 4.57 Å². The summed E-state index contributed by atoms with van der Waals surface area (Å²) >= 11 is 0. The molecule has 0 N–H and O–H groups in total. The van der Waals surface area contributed by atoms with E-state index in [-0.39, 0.29) is 0 Å². The summed E-state index contributed by atoms with van der Waals surface area (Å²) in [5, 5.41) is 0. The predicted molar refractivity (Wildman–Crippen MR) is 59.8 cm³/mol. The van der Waals surface area contributed by atoms with Crippen LogP contribution in [0, 0.1) is 0 Å². The molecular weight excluding hydrogens is 158 g/mol. The first kappa shape index (κ1) is 12.3. The van der Waals surface area contributed by atoms with Gasteiger partial charge in [-0.05, 0) is 12.1 Å². The van der Waals surface area contributed by atoms with Crippen LogP contribution in [0.4, 0.5) is 0 Å². The minimum Gasteiger partial charge on any atom is -0.357 e. The summed E-state index contributed by atoms with van der Waals surface area (Å²) < 4.78 is 2.00. The predicted octanol–water partition coefficient (Wildman–Crippen LogP) is 4.00. The molecule has 0 amide bonds. The van der Waals surface area contributed by atoms with E-state index in [1.54, 1.807) is 0 Å². The maximum absolute atomic E-state index is 2.25. The largest absolute Gasteiger partial charge is 0.357 e. The third kappa shape index (κ3) is 9.19. The highest BCUT2D eigenvalue weighted by Gasteiger charge is 1.80. The highest BCUT2D eigenvalue weighted by molar-refractivity contribution is 4.88. The highest BCUT2D eigenvalue weighted by Crippen LogP contribution is 2.00. The summed E-state index contributed by atoms with van der Waals surface area (Å²) in [5.41, 5.74) is 0. The first-order valence-electron chi connectivity index (χ1n) is 5.38. The van der Waals surface area contributed by atoms with Gasteiger partial charge in [0.1, 0.15) is 0 Å². The fraction of sp³-hybridized carbons (Fsp3) is 0.667. The standard InChI is InChI=1S/C7H16.C5H7N/c1-3-5-7-6-4-2;1-6-4-2-3-5-6/h3-7H2,1-2H3;2-5H,1H3. The highest BCUT2D eigenvalue weighted by atomic mass is 14.9. The summed E-state index contributed by atoms with van der Waals surface area (Å²) in [6.45, 7) is 4.49. The number of aryl methyl sites for hydroxylation is 1. The number of hydrogen-bond acceptors (Lipinski definition) is 0. The molecule has 0 aliphatic heterocycles. The van der Waals surface area contributed by atoms with Crippen LogP contribution in [-0.2, 0) is 7.05 Å². The lowest BCUT2D eigenvalue weighted by atomic mass is 10.2. The quantitative estimate of drug-likeness (QED) is 0.619. The average molecular weight is 181 g/mol. The molecule has 0 radical (unpaired) electrons. The molecule has 0 fully saturated rings. The van der Waals surface area contributed by atoms with Crippen LogP contribution in [0.25, 0.3) is 0 Å². The van der Waals surface area contributed by atoms with Crippen LogP contribution in [0.3, 0.4) is 0 Å². The molecule has 0 aliphatic carbocycles. The molecule has 0 bridgehead atoms. The molecule has 0 aromatic carbocycles. The molecule has 1 aromatic heterocycles. The molecule has 0 atom stereocenters. The van der Waals surface area contributed by atoms with Crippen molar-refractivity contribution in [2.45, 2.75) is 46.0 Å². The molecular formula is C12H23N. The molecule has 0 aliphatic rings. The fourth-order valence-electron chi connectivity index (χ4n) is 1.10. The van der Waals surface area contributed by atoms with Crippen molar-refractivity contribution < 1.29 is 0 Å². The van der Waals surface area contributed by atoms with E-state index in [0.717, 1.165) is 0 Å². The Bertz CT molecular complexity index is 161. The summed E-state index contributed by atoms with van der Waals surface area (Å²) in [7, 11) is 2.00. The zero-order valence-electron chi connectivity index (χ0n) is 9.29. The van der Waals surface area contributed by atoms with Crippen LogP contribution in [-0.4, -0.2) is 4.57 Å². The van der Waals surface area contributed by atoms with E-state index < -0.39 is 0 Å². The smallest absolute Gasteiger partial charge is 0.0106 e. The monoisotopic (exact) mass is 181 g/mol. The minimum absolute atomic E-state index is 1.36. The van der Waals surface area contributed by atoms with Gasteiger partial charge in [-0.1, -0.05) is 46.0 Å².